The highest BCUT2D eigenvalue weighted by Crippen LogP contribution is 2.35. The largest absolute Gasteiger partial charge is 0.357 e. The van der Waals surface area contributed by atoms with Crippen LogP contribution in [0.5, 0.6) is 0 Å². The molecule has 2 heterocycles. The highest BCUT2D eigenvalue weighted by Gasteiger charge is 2.51. The molecule has 0 fully saturated rings. The first-order valence-electron chi connectivity index (χ1n) is 5.53. The van der Waals surface area contributed by atoms with Crippen molar-refractivity contribution in [3.8, 4) is 0 Å². The number of amidine groups is 1. The Morgan fingerprint density at radius 3 is 3.00 bits per heavy atom. The Bertz CT molecular complexity index is 373. The number of hydrazone groups is 1. The summed E-state index contributed by atoms with van der Waals surface area (Å²) in [5, 5.41) is 9.74. The fourth-order valence-electron chi connectivity index (χ4n) is 2.05. The van der Waals surface area contributed by atoms with Crippen LogP contribution in [0, 0.1) is 0 Å². The van der Waals surface area contributed by atoms with Crippen molar-refractivity contribution in [1.29, 1.82) is 0 Å². The molecule has 0 aromatic rings. The van der Waals surface area contributed by atoms with Gasteiger partial charge >= 0.3 is 0 Å². The molecule has 2 atom stereocenters. The molecule has 0 spiro atoms. The van der Waals surface area contributed by atoms with Crippen molar-refractivity contribution >= 4 is 12.1 Å². The van der Waals surface area contributed by atoms with E-state index in [4.69, 9.17) is 5.73 Å². The molecule has 0 bridgehead atoms. The van der Waals surface area contributed by atoms with Gasteiger partial charge in [-0.3, -0.25) is 10.0 Å². The summed E-state index contributed by atoms with van der Waals surface area (Å²) in [6.45, 7) is 5.50. The highest BCUT2D eigenvalue weighted by molar-refractivity contribution is 5.99. The lowest BCUT2D eigenvalue weighted by Crippen LogP contribution is -2.65. The van der Waals surface area contributed by atoms with Gasteiger partial charge in [0.2, 0.25) is 0 Å². The van der Waals surface area contributed by atoms with Gasteiger partial charge in [0.15, 0.2) is 0 Å². The van der Waals surface area contributed by atoms with Crippen molar-refractivity contribution < 1.29 is 0 Å². The van der Waals surface area contributed by atoms with Crippen LogP contribution < -0.4 is 11.1 Å². The van der Waals surface area contributed by atoms with Gasteiger partial charge in [-0.1, -0.05) is 6.08 Å². The van der Waals surface area contributed by atoms with Gasteiger partial charge in [-0.15, -0.1) is 0 Å². The minimum atomic E-state index is -0.204. The maximum atomic E-state index is 5.44. The molecule has 0 saturated heterocycles. The SMILES string of the molecule is CN1N=CC2(C)NC(=NCCN)C=C[C@]12C. The number of nitrogens with one attached hydrogen (secondary N) is 1. The molecule has 3 N–H and O–H groups in total. The van der Waals surface area contributed by atoms with Gasteiger partial charge in [0, 0.05) is 13.6 Å². The van der Waals surface area contributed by atoms with E-state index in [1.165, 1.54) is 0 Å². The van der Waals surface area contributed by atoms with E-state index >= 15 is 0 Å². The number of fused-ring (bicyclic) bond motifs is 1. The molecule has 5 nitrogen and oxygen atoms in total. The molecule has 88 valence electrons. The van der Waals surface area contributed by atoms with Gasteiger partial charge in [0.05, 0.1) is 12.8 Å². The van der Waals surface area contributed by atoms with Gasteiger partial charge < -0.3 is 11.1 Å². The predicted octanol–water partition coefficient (Wildman–Crippen LogP) is -0.0484. The van der Waals surface area contributed by atoms with Crippen molar-refractivity contribution in [2.75, 3.05) is 20.1 Å². The summed E-state index contributed by atoms with van der Waals surface area (Å²) in [6, 6.07) is 0. The Hall–Kier alpha value is -1.36. The van der Waals surface area contributed by atoms with Crippen LogP contribution in [0.25, 0.3) is 0 Å². The van der Waals surface area contributed by atoms with Crippen LogP contribution in [0.4, 0.5) is 0 Å². The van der Waals surface area contributed by atoms with Gasteiger partial charge in [-0.05, 0) is 19.9 Å². The van der Waals surface area contributed by atoms with E-state index in [0.717, 1.165) is 5.84 Å². The zero-order chi connectivity index (χ0) is 11.8. The zero-order valence-corrected chi connectivity index (χ0v) is 10.1. The van der Waals surface area contributed by atoms with E-state index in [1.54, 1.807) is 0 Å². The number of hydrogen-bond acceptors (Lipinski definition) is 4. The fourth-order valence-corrected chi connectivity index (χ4v) is 2.05. The minimum absolute atomic E-state index is 0.130. The lowest BCUT2D eigenvalue weighted by atomic mass is 9.78. The molecular weight excluding hydrogens is 202 g/mol. The fraction of sp³-hybridized carbons (Fsp3) is 0.636. The normalized spacial score (nSPS) is 39.0. The Morgan fingerprint density at radius 1 is 1.56 bits per heavy atom. The maximum absolute atomic E-state index is 5.44. The number of nitrogens with two attached hydrogens (primary N) is 1. The van der Waals surface area contributed by atoms with Crippen molar-refractivity contribution in [3.63, 3.8) is 0 Å². The first kappa shape index (κ1) is 11.1. The molecule has 2 aliphatic heterocycles. The number of nitrogens with zero attached hydrogens (tertiary/aromatic N) is 3. The van der Waals surface area contributed by atoms with Crippen molar-refractivity contribution in [2.45, 2.75) is 24.9 Å². The molecule has 2 aliphatic rings. The van der Waals surface area contributed by atoms with Crippen LogP contribution in [0.2, 0.25) is 0 Å². The second-order valence-corrected chi connectivity index (χ2v) is 4.63. The summed E-state index contributed by atoms with van der Waals surface area (Å²) in [7, 11) is 1.98. The topological polar surface area (TPSA) is 66.0 Å². The third-order valence-electron chi connectivity index (χ3n) is 3.58. The van der Waals surface area contributed by atoms with Crippen LogP contribution in [0.3, 0.4) is 0 Å². The van der Waals surface area contributed by atoms with Crippen molar-refractivity contribution in [2.24, 2.45) is 15.8 Å². The summed E-state index contributed by atoms with van der Waals surface area (Å²) in [4.78, 5) is 4.38. The van der Waals surface area contributed by atoms with Gasteiger partial charge in [-0.2, -0.15) is 5.10 Å². The van der Waals surface area contributed by atoms with Crippen molar-refractivity contribution in [1.82, 2.24) is 10.3 Å². The molecule has 0 saturated carbocycles. The predicted molar refractivity (Wildman–Crippen MR) is 66.7 cm³/mol. The summed E-state index contributed by atoms with van der Waals surface area (Å²) < 4.78 is 0. The van der Waals surface area contributed by atoms with Gasteiger partial charge in [-0.25, -0.2) is 0 Å². The number of rotatable bonds is 2. The average Bonchev–Trinajstić information content (AvgIpc) is 2.49. The quantitative estimate of drug-likeness (QED) is 0.687. The van der Waals surface area contributed by atoms with E-state index in [-0.39, 0.29) is 11.1 Å². The molecule has 0 amide bonds. The highest BCUT2D eigenvalue weighted by atomic mass is 15.5. The Balaban J connectivity index is 2.29. The van der Waals surface area contributed by atoms with Crippen LogP contribution in [-0.4, -0.2) is 48.3 Å². The van der Waals surface area contributed by atoms with Crippen LogP contribution in [0.1, 0.15) is 13.8 Å². The molecule has 0 radical (unpaired) electrons. The number of aliphatic imine (C=N–C) groups is 1. The first-order valence-corrected chi connectivity index (χ1v) is 5.53. The number of likely N-dealkylation sites (N-methyl/N-ethyl adjacent to an activating group) is 1. The monoisotopic (exact) mass is 221 g/mol. The first-order chi connectivity index (χ1) is 7.52. The molecule has 1 unspecified atom stereocenters. The van der Waals surface area contributed by atoms with Gasteiger partial charge in [0.25, 0.3) is 0 Å². The van der Waals surface area contributed by atoms with Crippen LogP contribution >= 0.6 is 0 Å². The Labute approximate surface area is 96.1 Å². The Morgan fingerprint density at radius 2 is 2.31 bits per heavy atom. The second-order valence-electron chi connectivity index (χ2n) is 4.63. The number of hydrogen-bond donors (Lipinski definition) is 2. The van der Waals surface area contributed by atoms with Crippen molar-refractivity contribution in [3.05, 3.63) is 12.2 Å². The summed E-state index contributed by atoms with van der Waals surface area (Å²) in [6.07, 6.45) is 6.09. The van der Waals surface area contributed by atoms with Crippen LogP contribution in [-0.2, 0) is 0 Å². The standard InChI is InChI=1S/C11H19N5/c1-10-8-14-16(3)11(10,2)5-4-9(15-10)13-7-6-12/h4-5,8H,6-7,12H2,1-3H3,(H,13,15)/t10?,11-/m0/s1. The summed E-state index contributed by atoms with van der Waals surface area (Å²) in [5.74, 6) is 0.882. The van der Waals surface area contributed by atoms with E-state index < -0.39 is 0 Å². The van der Waals surface area contributed by atoms with E-state index in [9.17, 15) is 0 Å². The third-order valence-corrected chi connectivity index (χ3v) is 3.58. The smallest absolute Gasteiger partial charge is 0.121 e. The molecule has 0 aliphatic carbocycles. The summed E-state index contributed by atoms with van der Waals surface area (Å²) in [5.41, 5.74) is 5.11. The maximum Gasteiger partial charge on any atom is 0.121 e. The molecule has 2 rings (SSSR count). The van der Waals surface area contributed by atoms with E-state index in [0.29, 0.717) is 13.1 Å². The third kappa shape index (κ3) is 1.43. The zero-order valence-electron chi connectivity index (χ0n) is 10.1. The molecule has 0 aromatic carbocycles. The lowest BCUT2D eigenvalue weighted by molar-refractivity contribution is 0.160. The molecule has 0 aromatic heterocycles. The average molecular weight is 221 g/mol. The molecular formula is C11H19N5. The molecule has 16 heavy (non-hydrogen) atoms. The lowest BCUT2D eigenvalue weighted by Gasteiger charge is -2.44. The van der Waals surface area contributed by atoms with Crippen LogP contribution in [0.15, 0.2) is 22.2 Å². The van der Waals surface area contributed by atoms with Gasteiger partial charge in [0.1, 0.15) is 16.9 Å². The molecule has 5 heteroatoms. The minimum Gasteiger partial charge on any atom is -0.357 e. The van der Waals surface area contributed by atoms with E-state index in [2.05, 4.69) is 35.3 Å². The summed E-state index contributed by atoms with van der Waals surface area (Å²) >= 11 is 0. The Kier molecular flexibility index (Phi) is 2.50. The van der Waals surface area contributed by atoms with E-state index in [1.807, 2.05) is 24.3 Å². The second kappa shape index (κ2) is 3.59.